The van der Waals surface area contributed by atoms with E-state index in [4.69, 9.17) is 10.5 Å². The van der Waals surface area contributed by atoms with Crippen molar-refractivity contribution in [2.24, 2.45) is 5.73 Å². The Hall–Kier alpha value is -1.10. The monoisotopic (exact) mass is 252 g/mol. The highest BCUT2D eigenvalue weighted by Crippen LogP contribution is 2.16. The highest BCUT2D eigenvalue weighted by molar-refractivity contribution is 5.32. The molecule has 0 heterocycles. The van der Waals surface area contributed by atoms with E-state index in [9.17, 15) is 5.11 Å². The van der Waals surface area contributed by atoms with Crippen molar-refractivity contribution in [1.29, 1.82) is 0 Å². The Kier molecular flexibility index (Phi) is 6.72. The number of nitrogens with zero attached hydrogens (tertiary/aromatic N) is 1. The molecular weight excluding hydrogens is 228 g/mol. The SMILES string of the molecule is CC(O)CCN(C)CCOc1ccccc1CN. The summed E-state index contributed by atoms with van der Waals surface area (Å²) in [4.78, 5) is 2.15. The number of aliphatic hydroxyl groups excluding tert-OH is 1. The van der Waals surface area contributed by atoms with Gasteiger partial charge < -0.3 is 20.5 Å². The van der Waals surface area contributed by atoms with Crippen LogP contribution in [0.15, 0.2) is 24.3 Å². The zero-order chi connectivity index (χ0) is 13.4. The lowest BCUT2D eigenvalue weighted by Gasteiger charge is -2.18. The molecule has 4 nitrogen and oxygen atoms in total. The van der Waals surface area contributed by atoms with E-state index in [0.29, 0.717) is 13.2 Å². The molecule has 18 heavy (non-hydrogen) atoms. The molecule has 1 rings (SSSR count). The molecule has 0 radical (unpaired) electrons. The molecule has 0 aliphatic heterocycles. The number of para-hydroxylation sites is 1. The van der Waals surface area contributed by atoms with Gasteiger partial charge in [-0.2, -0.15) is 0 Å². The van der Waals surface area contributed by atoms with Gasteiger partial charge in [0.25, 0.3) is 0 Å². The van der Waals surface area contributed by atoms with E-state index in [1.165, 1.54) is 0 Å². The molecule has 1 unspecified atom stereocenters. The second-order valence-electron chi connectivity index (χ2n) is 4.60. The van der Waals surface area contributed by atoms with Gasteiger partial charge in [0, 0.05) is 25.2 Å². The first-order valence-corrected chi connectivity index (χ1v) is 6.41. The molecule has 102 valence electrons. The van der Waals surface area contributed by atoms with Crippen LogP contribution in [0.5, 0.6) is 5.75 Å². The van der Waals surface area contributed by atoms with Crippen LogP contribution in [0.1, 0.15) is 18.9 Å². The average molecular weight is 252 g/mol. The zero-order valence-corrected chi connectivity index (χ0v) is 11.3. The van der Waals surface area contributed by atoms with Crippen LogP contribution in [0.25, 0.3) is 0 Å². The molecule has 3 N–H and O–H groups in total. The minimum Gasteiger partial charge on any atom is -0.492 e. The van der Waals surface area contributed by atoms with Gasteiger partial charge in [-0.3, -0.25) is 0 Å². The van der Waals surface area contributed by atoms with Gasteiger partial charge >= 0.3 is 0 Å². The number of ether oxygens (including phenoxy) is 1. The number of hydrogen-bond donors (Lipinski definition) is 2. The molecule has 0 bridgehead atoms. The fourth-order valence-electron chi connectivity index (χ4n) is 1.64. The van der Waals surface area contributed by atoms with Crippen LogP contribution in [-0.4, -0.2) is 42.9 Å². The number of benzene rings is 1. The third-order valence-electron chi connectivity index (χ3n) is 2.85. The Morgan fingerprint density at radius 2 is 2.06 bits per heavy atom. The second kappa shape index (κ2) is 8.08. The van der Waals surface area contributed by atoms with Crippen LogP contribution in [0.3, 0.4) is 0 Å². The third-order valence-corrected chi connectivity index (χ3v) is 2.85. The highest BCUT2D eigenvalue weighted by Gasteiger charge is 2.03. The second-order valence-corrected chi connectivity index (χ2v) is 4.60. The minimum atomic E-state index is -0.244. The first kappa shape index (κ1) is 15.0. The lowest BCUT2D eigenvalue weighted by atomic mass is 10.2. The van der Waals surface area contributed by atoms with Crippen LogP contribution in [0.2, 0.25) is 0 Å². The third kappa shape index (κ3) is 5.49. The van der Waals surface area contributed by atoms with Gasteiger partial charge in [0.2, 0.25) is 0 Å². The molecule has 0 spiro atoms. The van der Waals surface area contributed by atoms with Crippen LogP contribution < -0.4 is 10.5 Å². The highest BCUT2D eigenvalue weighted by atomic mass is 16.5. The van der Waals surface area contributed by atoms with Crippen LogP contribution in [-0.2, 0) is 6.54 Å². The van der Waals surface area contributed by atoms with Gasteiger partial charge in [0.15, 0.2) is 0 Å². The average Bonchev–Trinajstić information content (AvgIpc) is 2.37. The first-order valence-electron chi connectivity index (χ1n) is 6.41. The maximum atomic E-state index is 9.20. The van der Waals surface area contributed by atoms with Gasteiger partial charge in [-0.1, -0.05) is 18.2 Å². The summed E-state index contributed by atoms with van der Waals surface area (Å²) >= 11 is 0. The maximum Gasteiger partial charge on any atom is 0.123 e. The molecule has 4 heteroatoms. The van der Waals surface area contributed by atoms with Crippen molar-refractivity contribution in [3.05, 3.63) is 29.8 Å². The summed E-state index contributed by atoms with van der Waals surface area (Å²) in [5.41, 5.74) is 6.68. The van der Waals surface area contributed by atoms with Crippen LogP contribution >= 0.6 is 0 Å². The summed E-state index contributed by atoms with van der Waals surface area (Å²) < 4.78 is 5.72. The molecule has 1 aromatic carbocycles. The molecule has 1 atom stereocenters. The maximum absolute atomic E-state index is 9.20. The fourth-order valence-corrected chi connectivity index (χ4v) is 1.64. The summed E-state index contributed by atoms with van der Waals surface area (Å²) in [6, 6.07) is 7.83. The van der Waals surface area contributed by atoms with E-state index in [-0.39, 0.29) is 6.10 Å². The lowest BCUT2D eigenvalue weighted by molar-refractivity contribution is 0.157. The van der Waals surface area contributed by atoms with Crippen LogP contribution in [0, 0.1) is 0 Å². The van der Waals surface area contributed by atoms with Crippen molar-refractivity contribution in [2.45, 2.75) is 26.0 Å². The summed E-state index contributed by atoms with van der Waals surface area (Å²) in [7, 11) is 2.03. The van der Waals surface area contributed by atoms with Gasteiger partial charge in [0.1, 0.15) is 12.4 Å². The number of likely N-dealkylation sites (N-methyl/N-ethyl adjacent to an activating group) is 1. The van der Waals surface area contributed by atoms with Gasteiger partial charge in [-0.15, -0.1) is 0 Å². The number of rotatable bonds is 8. The molecule has 0 amide bonds. The van der Waals surface area contributed by atoms with Crippen molar-refractivity contribution in [3.8, 4) is 5.75 Å². The van der Waals surface area contributed by atoms with Crippen molar-refractivity contribution in [2.75, 3.05) is 26.7 Å². The van der Waals surface area contributed by atoms with E-state index in [1.807, 2.05) is 38.2 Å². The molecule has 0 saturated carbocycles. The van der Waals surface area contributed by atoms with Crippen molar-refractivity contribution >= 4 is 0 Å². The molecular formula is C14H24N2O2. The van der Waals surface area contributed by atoms with Crippen molar-refractivity contribution in [3.63, 3.8) is 0 Å². The number of hydrogen-bond acceptors (Lipinski definition) is 4. The molecule has 1 aromatic rings. The predicted octanol–water partition coefficient (Wildman–Crippen LogP) is 1.23. The summed E-state index contributed by atoms with van der Waals surface area (Å²) in [6.45, 7) is 4.65. The van der Waals surface area contributed by atoms with E-state index in [1.54, 1.807) is 0 Å². The van der Waals surface area contributed by atoms with E-state index in [2.05, 4.69) is 4.90 Å². The summed E-state index contributed by atoms with van der Waals surface area (Å²) in [5, 5.41) is 9.20. The van der Waals surface area contributed by atoms with E-state index >= 15 is 0 Å². The van der Waals surface area contributed by atoms with Crippen molar-refractivity contribution < 1.29 is 9.84 Å². The summed E-state index contributed by atoms with van der Waals surface area (Å²) in [5.74, 6) is 0.865. The largest absolute Gasteiger partial charge is 0.492 e. The molecule has 0 saturated heterocycles. The van der Waals surface area contributed by atoms with E-state index < -0.39 is 0 Å². The Balaban J connectivity index is 2.28. The first-order chi connectivity index (χ1) is 8.63. The normalized spacial score (nSPS) is 12.7. The quantitative estimate of drug-likeness (QED) is 0.730. The van der Waals surface area contributed by atoms with Gasteiger partial charge in [-0.25, -0.2) is 0 Å². The summed E-state index contributed by atoms with van der Waals surface area (Å²) in [6.07, 6.45) is 0.543. The molecule has 0 aliphatic carbocycles. The Bertz CT molecular complexity index is 342. The molecule has 0 fully saturated rings. The Morgan fingerprint density at radius 1 is 1.33 bits per heavy atom. The number of aliphatic hydroxyl groups is 1. The number of nitrogens with two attached hydrogens (primary N) is 1. The Labute approximate surface area is 109 Å². The minimum absolute atomic E-state index is 0.244. The topological polar surface area (TPSA) is 58.7 Å². The van der Waals surface area contributed by atoms with Crippen molar-refractivity contribution in [1.82, 2.24) is 4.90 Å². The standard InChI is InChI=1S/C14H24N2O2/c1-12(17)7-8-16(2)9-10-18-14-6-4-3-5-13(14)11-15/h3-6,12,17H,7-11,15H2,1-2H3. The molecule has 0 aliphatic rings. The van der Waals surface area contributed by atoms with Gasteiger partial charge in [0.05, 0.1) is 6.10 Å². The lowest BCUT2D eigenvalue weighted by Crippen LogP contribution is -2.27. The predicted molar refractivity (Wildman–Crippen MR) is 73.6 cm³/mol. The van der Waals surface area contributed by atoms with E-state index in [0.717, 1.165) is 30.8 Å². The molecule has 0 aromatic heterocycles. The zero-order valence-electron chi connectivity index (χ0n) is 11.3. The fraction of sp³-hybridized carbons (Fsp3) is 0.571. The van der Waals surface area contributed by atoms with Crippen LogP contribution in [0.4, 0.5) is 0 Å². The van der Waals surface area contributed by atoms with Gasteiger partial charge in [-0.05, 0) is 26.5 Å². The smallest absolute Gasteiger partial charge is 0.123 e. The Morgan fingerprint density at radius 3 is 2.72 bits per heavy atom.